The maximum Gasteiger partial charge on any atom is 0.289 e. The second kappa shape index (κ2) is 4.13. The number of hydrogen-bond acceptors (Lipinski definition) is 5. The minimum Gasteiger partial charge on any atom is -0.265 e. The fourth-order valence-electron chi connectivity index (χ4n) is 3.08. The molecule has 3 aromatic rings. The third kappa shape index (κ3) is 1.49. The third-order valence-corrected chi connectivity index (χ3v) is 9.62. The summed E-state index contributed by atoms with van der Waals surface area (Å²) in [6.45, 7) is 0. The summed E-state index contributed by atoms with van der Waals surface area (Å²) in [6, 6.07) is 13.2. The molecule has 1 aliphatic heterocycles. The highest BCUT2D eigenvalue weighted by Gasteiger charge is 2.40. The van der Waals surface area contributed by atoms with E-state index >= 15 is 0 Å². The average Bonchev–Trinajstić information content (AvgIpc) is 2.97. The molecule has 0 spiro atoms. The summed E-state index contributed by atoms with van der Waals surface area (Å²) in [4.78, 5) is 11.6. The smallest absolute Gasteiger partial charge is 0.265 e. The number of thioether (sulfide) groups is 2. The van der Waals surface area contributed by atoms with Gasteiger partial charge in [-0.05, 0) is 21.9 Å². The maximum atomic E-state index is 11.6. The first-order valence-corrected chi connectivity index (χ1v) is 9.69. The molecule has 2 atom stereocenters. The highest BCUT2D eigenvalue weighted by atomic mass is 32.2. The molecular weight excluding hydrogens is 324 g/mol. The predicted molar refractivity (Wildman–Crippen MR) is 89.6 cm³/mol. The van der Waals surface area contributed by atoms with E-state index in [1.807, 2.05) is 23.5 Å². The van der Waals surface area contributed by atoms with Crippen LogP contribution in [0.5, 0.6) is 0 Å². The average molecular weight is 332 g/mol. The van der Waals surface area contributed by atoms with Crippen LogP contribution in [0.2, 0.25) is 0 Å². The number of benzene rings is 2. The number of hydrogen-bond donors (Lipinski definition) is 0. The monoisotopic (exact) mass is 332 g/mol. The summed E-state index contributed by atoms with van der Waals surface area (Å²) in [7, 11) is 0. The molecule has 0 radical (unpaired) electrons. The van der Waals surface area contributed by atoms with Gasteiger partial charge in [-0.15, -0.1) is 23.5 Å². The highest BCUT2D eigenvalue weighted by Crippen LogP contribution is 2.65. The molecule has 0 fully saturated rings. The lowest BCUT2D eigenvalue weighted by Gasteiger charge is -2.24. The van der Waals surface area contributed by atoms with Crippen molar-refractivity contribution in [3.05, 3.63) is 56.4 Å². The van der Waals surface area contributed by atoms with Crippen molar-refractivity contribution in [3.8, 4) is 0 Å². The molecule has 1 aromatic heterocycles. The number of fused-ring (bicyclic) bond motifs is 4. The van der Waals surface area contributed by atoms with Gasteiger partial charge in [0.2, 0.25) is 0 Å². The van der Waals surface area contributed by atoms with Gasteiger partial charge < -0.3 is 0 Å². The molecule has 1 aliphatic carbocycles. The topological polar surface area (TPSA) is 17.1 Å². The van der Waals surface area contributed by atoms with Gasteiger partial charge in [0.05, 0.1) is 18.9 Å². The summed E-state index contributed by atoms with van der Waals surface area (Å²) in [5.74, 6) is 0. The molecule has 98 valence electrons. The fourth-order valence-corrected chi connectivity index (χ4v) is 9.25. The lowest BCUT2D eigenvalue weighted by atomic mass is 10.1. The van der Waals surface area contributed by atoms with Crippen LogP contribution in [-0.4, -0.2) is 0 Å². The van der Waals surface area contributed by atoms with E-state index in [9.17, 15) is 4.79 Å². The molecule has 1 nitrogen and oxygen atoms in total. The lowest BCUT2D eigenvalue weighted by molar-refractivity contribution is 0.951. The van der Waals surface area contributed by atoms with Crippen LogP contribution in [0.4, 0.5) is 0 Å². The summed E-state index contributed by atoms with van der Waals surface area (Å²) in [5.41, 5.74) is 2.88. The minimum atomic E-state index is 0.224. The van der Waals surface area contributed by atoms with E-state index in [1.165, 1.54) is 53.0 Å². The SMILES string of the molecule is O=c1sc2c(s1)S[C@H]1c3cccc4cccc(c34)[C@@H]1S2. The van der Waals surface area contributed by atoms with Gasteiger partial charge in [0.25, 0.3) is 4.06 Å². The van der Waals surface area contributed by atoms with Gasteiger partial charge in [0.15, 0.2) is 0 Å². The van der Waals surface area contributed by atoms with Gasteiger partial charge in [0.1, 0.15) is 0 Å². The van der Waals surface area contributed by atoms with Gasteiger partial charge in [0, 0.05) is 0 Å². The quantitative estimate of drug-likeness (QED) is 0.555. The fraction of sp³-hybridized carbons (Fsp3) is 0.133. The molecule has 0 N–H and O–H groups in total. The molecule has 0 saturated carbocycles. The van der Waals surface area contributed by atoms with E-state index in [1.54, 1.807) is 0 Å². The van der Waals surface area contributed by atoms with Crippen molar-refractivity contribution in [1.82, 2.24) is 0 Å². The lowest BCUT2D eigenvalue weighted by Crippen LogP contribution is -2.01. The first-order chi connectivity index (χ1) is 9.81. The van der Waals surface area contributed by atoms with Crippen LogP contribution in [-0.2, 0) is 0 Å². The molecule has 0 unspecified atom stereocenters. The van der Waals surface area contributed by atoms with Gasteiger partial charge in [-0.25, -0.2) is 0 Å². The first-order valence-electron chi connectivity index (χ1n) is 6.30. The Morgan fingerprint density at radius 2 is 1.35 bits per heavy atom. The molecule has 5 rings (SSSR count). The Labute approximate surface area is 132 Å². The molecule has 2 aromatic carbocycles. The van der Waals surface area contributed by atoms with E-state index in [4.69, 9.17) is 0 Å². The molecular formula is C15H8OS4. The van der Waals surface area contributed by atoms with Crippen LogP contribution >= 0.6 is 46.2 Å². The standard InChI is InChI=1S/C15H8OS4/c16-15-19-13-14(20-15)18-12-9-6-2-4-7-3-1-5-8(10(7)9)11(12)17-13/h1-6,11-12H/t11-,12-/m0/s1. The first kappa shape index (κ1) is 11.9. The number of rotatable bonds is 0. The van der Waals surface area contributed by atoms with Crippen molar-refractivity contribution in [2.24, 2.45) is 0 Å². The van der Waals surface area contributed by atoms with E-state index in [0.717, 1.165) is 0 Å². The third-order valence-electron chi connectivity index (χ3n) is 3.84. The summed E-state index contributed by atoms with van der Waals surface area (Å²) in [6.07, 6.45) is 0. The summed E-state index contributed by atoms with van der Waals surface area (Å²) in [5, 5.41) is 3.69. The van der Waals surface area contributed by atoms with E-state index in [-0.39, 0.29) is 4.06 Å². The Bertz CT molecular complexity index is 840. The molecule has 2 aliphatic rings. The van der Waals surface area contributed by atoms with Crippen LogP contribution in [0.1, 0.15) is 21.6 Å². The normalized spacial score (nSPS) is 22.8. The zero-order chi connectivity index (χ0) is 13.3. The summed E-state index contributed by atoms with van der Waals surface area (Å²) < 4.78 is 2.66. The Balaban J connectivity index is 1.78. The van der Waals surface area contributed by atoms with Crippen LogP contribution in [0.3, 0.4) is 0 Å². The van der Waals surface area contributed by atoms with Crippen LogP contribution < -0.4 is 4.06 Å². The molecule has 2 heterocycles. The maximum absolute atomic E-state index is 11.6. The van der Waals surface area contributed by atoms with Gasteiger partial charge in [-0.2, -0.15) is 0 Å². The molecule has 0 bridgehead atoms. The molecule has 20 heavy (non-hydrogen) atoms. The van der Waals surface area contributed by atoms with Gasteiger partial charge in [-0.1, -0.05) is 59.1 Å². The van der Waals surface area contributed by atoms with Gasteiger partial charge in [-0.3, -0.25) is 4.79 Å². The Morgan fingerprint density at radius 3 is 1.90 bits per heavy atom. The van der Waals surface area contributed by atoms with Crippen molar-refractivity contribution in [2.75, 3.05) is 0 Å². The molecule has 5 heteroatoms. The summed E-state index contributed by atoms with van der Waals surface area (Å²) >= 11 is 6.60. The Hall–Kier alpha value is -0.750. The van der Waals surface area contributed by atoms with Crippen molar-refractivity contribution in [1.29, 1.82) is 0 Å². The Kier molecular flexibility index (Phi) is 2.45. The van der Waals surface area contributed by atoms with Gasteiger partial charge >= 0.3 is 0 Å². The van der Waals surface area contributed by atoms with Crippen molar-refractivity contribution in [3.63, 3.8) is 0 Å². The molecule has 0 amide bonds. The minimum absolute atomic E-state index is 0.224. The largest absolute Gasteiger partial charge is 0.289 e. The van der Waals surface area contributed by atoms with Crippen LogP contribution in [0.25, 0.3) is 10.8 Å². The second-order valence-corrected chi connectivity index (χ2v) is 9.94. The zero-order valence-corrected chi connectivity index (χ0v) is 13.4. The van der Waals surface area contributed by atoms with E-state index in [2.05, 4.69) is 36.4 Å². The van der Waals surface area contributed by atoms with Crippen molar-refractivity contribution < 1.29 is 0 Å². The zero-order valence-electron chi connectivity index (χ0n) is 10.2. The van der Waals surface area contributed by atoms with Crippen LogP contribution in [0, 0.1) is 0 Å². The highest BCUT2D eigenvalue weighted by molar-refractivity contribution is 8.08. The van der Waals surface area contributed by atoms with E-state index in [0.29, 0.717) is 10.5 Å². The molecule has 0 saturated heterocycles. The van der Waals surface area contributed by atoms with Crippen molar-refractivity contribution >= 4 is 57.0 Å². The Morgan fingerprint density at radius 1 is 0.800 bits per heavy atom. The predicted octanol–water partition coefficient (Wildman–Crippen LogP) is 5.32. The van der Waals surface area contributed by atoms with Crippen LogP contribution in [0.15, 0.2) is 49.6 Å². The second-order valence-electron chi connectivity index (χ2n) is 4.90. The van der Waals surface area contributed by atoms with Crippen molar-refractivity contribution in [2.45, 2.75) is 18.9 Å². The van der Waals surface area contributed by atoms with E-state index < -0.39 is 0 Å².